The minimum atomic E-state index is 0.575. The molecule has 1 heterocycles. The predicted octanol–water partition coefficient (Wildman–Crippen LogP) is 3.91. The number of hydrogen-bond acceptors (Lipinski definition) is 1. The second-order valence-corrected chi connectivity index (χ2v) is 4.28. The molecule has 1 unspecified atom stereocenters. The van der Waals surface area contributed by atoms with Crippen LogP contribution in [0.15, 0.2) is 12.1 Å². The van der Waals surface area contributed by atoms with E-state index in [-0.39, 0.29) is 0 Å². The summed E-state index contributed by atoms with van der Waals surface area (Å²) in [5.41, 5.74) is 2.41. The van der Waals surface area contributed by atoms with Crippen molar-refractivity contribution < 1.29 is 0 Å². The molecule has 0 aromatic heterocycles. The summed E-state index contributed by atoms with van der Waals surface area (Å²) in [6.45, 7) is 3.23. The average Bonchev–Trinajstić information content (AvgIpc) is 2.09. The van der Waals surface area contributed by atoms with E-state index in [1.807, 2.05) is 12.1 Å². The Labute approximate surface area is 88.0 Å². The van der Waals surface area contributed by atoms with Crippen LogP contribution in [-0.4, -0.2) is 6.54 Å². The van der Waals surface area contributed by atoms with Crippen LogP contribution < -0.4 is 5.32 Å². The van der Waals surface area contributed by atoms with Crippen molar-refractivity contribution in [3.05, 3.63) is 27.7 Å². The summed E-state index contributed by atoms with van der Waals surface area (Å²) in [4.78, 5) is 0. The van der Waals surface area contributed by atoms with Gasteiger partial charge in [-0.2, -0.15) is 0 Å². The van der Waals surface area contributed by atoms with Gasteiger partial charge < -0.3 is 5.32 Å². The van der Waals surface area contributed by atoms with Crippen LogP contribution in [0.1, 0.15) is 24.8 Å². The van der Waals surface area contributed by atoms with Crippen molar-refractivity contribution in [2.75, 3.05) is 11.9 Å². The van der Waals surface area contributed by atoms with Gasteiger partial charge in [-0.3, -0.25) is 0 Å². The smallest absolute Gasteiger partial charge is 0.0613 e. The standard InChI is InChI=1S/C10H11Cl2N/c1-6-2-3-13-10-5-9(12)8(11)4-7(6)10/h4-6,13H,2-3H2,1H3. The highest BCUT2D eigenvalue weighted by Crippen LogP contribution is 2.36. The number of rotatable bonds is 0. The van der Waals surface area contributed by atoms with Crippen molar-refractivity contribution in [2.24, 2.45) is 0 Å². The fourth-order valence-corrected chi connectivity index (χ4v) is 2.04. The van der Waals surface area contributed by atoms with Crippen LogP contribution in [0.25, 0.3) is 0 Å². The molecule has 1 nitrogen and oxygen atoms in total. The summed E-state index contributed by atoms with van der Waals surface area (Å²) in [6, 6.07) is 3.88. The normalized spacial score (nSPS) is 20.7. The van der Waals surface area contributed by atoms with Crippen LogP contribution in [0.3, 0.4) is 0 Å². The SMILES string of the molecule is CC1CCNc2cc(Cl)c(Cl)cc21. The third kappa shape index (κ3) is 1.63. The van der Waals surface area contributed by atoms with Gasteiger partial charge in [0.15, 0.2) is 0 Å². The zero-order valence-corrected chi connectivity index (χ0v) is 8.91. The maximum Gasteiger partial charge on any atom is 0.0613 e. The third-order valence-electron chi connectivity index (χ3n) is 2.52. The molecule has 0 spiro atoms. The summed E-state index contributed by atoms with van der Waals surface area (Å²) in [5, 5.41) is 4.59. The van der Waals surface area contributed by atoms with Gasteiger partial charge in [-0.15, -0.1) is 0 Å². The molecule has 1 N–H and O–H groups in total. The van der Waals surface area contributed by atoms with Crippen molar-refractivity contribution in [1.82, 2.24) is 0 Å². The molecule has 0 fully saturated rings. The van der Waals surface area contributed by atoms with E-state index in [0.29, 0.717) is 16.0 Å². The first-order valence-corrected chi connectivity index (χ1v) is 5.17. The Morgan fingerprint density at radius 1 is 1.31 bits per heavy atom. The molecule has 0 saturated heterocycles. The van der Waals surface area contributed by atoms with E-state index in [9.17, 15) is 0 Å². The molecule has 3 heteroatoms. The molecule has 1 aromatic carbocycles. The first kappa shape index (κ1) is 9.17. The number of anilines is 1. The lowest BCUT2D eigenvalue weighted by atomic mass is 9.93. The Morgan fingerprint density at radius 2 is 2.00 bits per heavy atom. The molecular formula is C10H11Cl2N. The number of nitrogens with one attached hydrogen (secondary N) is 1. The zero-order valence-electron chi connectivity index (χ0n) is 7.40. The molecule has 0 saturated carbocycles. The summed E-state index contributed by atoms with van der Waals surface area (Å²) in [6.07, 6.45) is 1.16. The predicted molar refractivity (Wildman–Crippen MR) is 58.0 cm³/mol. The number of fused-ring (bicyclic) bond motifs is 1. The molecule has 1 aliphatic heterocycles. The van der Waals surface area contributed by atoms with Gasteiger partial charge in [0.05, 0.1) is 10.0 Å². The highest BCUT2D eigenvalue weighted by atomic mass is 35.5. The lowest BCUT2D eigenvalue weighted by molar-refractivity contribution is 0.684. The van der Waals surface area contributed by atoms with E-state index >= 15 is 0 Å². The molecular weight excluding hydrogens is 205 g/mol. The molecule has 1 aliphatic rings. The second kappa shape index (κ2) is 3.39. The van der Waals surface area contributed by atoms with E-state index in [1.54, 1.807) is 0 Å². The molecule has 70 valence electrons. The Balaban J connectivity index is 2.52. The molecule has 1 atom stereocenters. The fraction of sp³-hybridized carbons (Fsp3) is 0.400. The highest BCUT2D eigenvalue weighted by Gasteiger charge is 2.17. The maximum absolute atomic E-state index is 5.95. The van der Waals surface area contributed by atoms with Crippen LogP contribution >= 0.6 is 23.2 Å². The molecule has 0 amide bonds. The fourth-order valence-electron chi connectivity index (χ4n) is 1.70. The first-order chi connectivity index (χ1) is 6.18. The molecule has 13 heavy (non-hydrogen) atoms. The Morgan fingerprint density at radius 3 is 2.77 bits per heavy atom. The van der Waals surface area contributed by atoms with Crippen molar-refractivity contribution in [2.45, 2.75) is 19.3 Å². The van der Waals surface area contributed by atoms with Gasteiger partial charge in [0, 0.05) is 12.2 Å². The van der Waals surface area contributed by atoms with Crippen LogP contribution in [-0.2, 0) is 0 Å². The minimum absolute atomic E-state index is 0.575. The lowest BCUT2D eigenvalue weighted by Crippen LogP contribution is -2.14. The monoisotopic (exact) mass is 215 g/mol. The highest BCUT2D eigenvalue weighted by molar-refractivity contribution is 6.42. The van der Waals surface area contributed by atoms with Crippen LogP contribution in [0.2, 0.25) is 10.0 Å². The zero-order chi connectivity index (χ0) is 9.42. The summed E-state index contributed by atoms with van der Waals surface area (Å²) in [5.74, 6) is 0.575. The molecule has 0 radical (unpaired) electrons. The van der Waals surface area contributed by atoms with Crippen molar-refractivity contribution in [3.8, 4) is 0 Å². The van der Waals surface area contributed by atoms with Crippen LogP contribution in [0.4, 0.5) is 5.69 Å². The van der Waals surface area contributed by atoms with Gasteiger partial charge in [0.1, 0.15) is 0 Å². The largest absolute Gasteiger partial charge is 0.385 e. The maximum atomic E-state index is 5.95. The average molecular weight is 216 g/mol. The van der Waals surface area contributed by atoms with Crippen LogP contribution in [0.5, 0.6) is 0 Å². The topological polar surface area (TPSA) is 12.0 Å². The molecule has 2 rings (SSSR count). The number of halogens is 2. The number of hydrogen-bond donors (Lipinski definition) is 1. The lowest BCUT2D eigenvalue weighted by Gasteiger charge is -2.24. The third-order valence-corrected chi connectivity index (χ3v) is 3.24. The van der Waals surface area contributed by atoms with Gasteiger partial charge in [-0.1, -0.05) is 30.1 Å². The van der Waals surface area contributed by atoms with Gasteiger partial charge in [-0.05, 0) is 30.0 Å². The van der Waals surface area contributed by atoms with E-state index in [1.165, 1.54) is 5.56 Å². The molecule has 0 bridgehead atoms. The van der Waals surface area contributed by atoms with Gasteiger partial charge in [0.2, 0.25) is 0 Å². The van der Waals surface area contributed by atoms with Crippen LogP contribution in [0, 0.1) is 0 Å². The first-order valence-electron chi connectivity index (χ1n) is 4.41. The van der Waals surface area contributed by atoms with E-state index in [0.717, 1.165) is 18.7 Å². The van der Waals surface area contributed by atoms with Crippen molar-refractivity contribution in [3.63, 3.8) is 0 Å². The molecule has 0 aliphatic carbocycles. The van der Waals surface area contributed by atoms with Gasteiger partial charge in [0.25, 0.3) is 0 Å². The summed E-state index contributed by atoms with van der Waals surface area (Å²) >= 11 is 11.9. The number of benzene rings is 1. The van der Waals surface area contributed by atoms with Crippen molar-refractivity contribution in [1.29, 1.82) is 0 Å². The Hall–Kier alpha value is -0.400. The van der Waals surface area contributed by atoms with Crippen molar-refractivity contribution >= 4 is 28.9 Å². The van der Waals surface area contributed by atoms with E-state index in [4.69, 9.17) is 23.2 Å². The minimum Gasteiger partial charge on any atom is -0.385 e. The molecule has 1 aromatic rings. The van der Waals surface area contributed by atoms with Gasteiger partial charge in [-0.25, -0.2) is 0 Å². The second-order valence-electron chi connectivity index (χ2n) is 3.47. The quantitative estimate of drug-likeness (QED) is 0.693. The summed E-state index contributed by atoms with van der Waals surface area (Å²) in [7, 11) is 0. The Bertz CT molecular complexity index is 336. The Kier molecular flexibility index (Phi) is 2.39. The van der Waals surface area contributed by atoms with E-state index in [2.05, 4.69) is 12.2 Å². The van der Waals surface area contributed by atoms with Gasteiger partial charge >= 0.3 is 0 Å². The summed E-state index contributed by atoms with van der Waals surface area (Å²) < 4.78 is 0. The van der Waals surface area contributed by atoms with E-state index < -0.39 is 0 Å².